The van der Waals surface area contributed by atoms with E-state index in [2.05, 4.69) is 58.1 Å². The second-order valence-corrected chi connectivity index (χ2v) is 16.5. The van der Waals surface area contributed by atoms with Gasteiger partial charge in [-0.3, -0.25) is 0 Å². The number of halogens is 1. The van der Waals surface area contributed by atoms with Gasteiger partial charge in [0.1, 0.15) is 11.5 Å². The van der Waals surface area contributed by atoms with E-state index in [0.29, 0.717) is 12.5 Å². The van der Waals surface area contributed by atoms with Gasteiger partial charge in [-0.15, -0.1) is 11.6 Å². The van der Waals surface area contributed by atoms with Gasteiger partial charge in [0.05, 0.1) is 6.61 Å². The lowest BCUT2D eigenvalue weighted by Crippen LogP contribution is -2.43. The Morgan fingerprint density at radius 3 is 2.23 bits per heavy atom. The van der Waals surface area contributed by atoms with Crippen molar-refractivity contribution in [3.8, 4) is 5.75 Å². The summed E-state index contributed by atoms with van der Waals surface area (Å²) in [7, 11) is -1.87. The third kappa shape index (κ3) is 4.48. The SMILES string of the molecule is CC(C)(C)[Si](C)(C)Oc1cccc(C(OCCCCl)=C2C3CC4CC(C3)CC2C4)c1. The van der Waals surface area contributed by atoms with Crippen LogP contribution < -0.4 is 4.43 Å². The molecular formula is C26H39ClO2Si. The van der Waals surface area contributed by atoms with Crippen LogP contribution in [0.1, 0.15) is 64.9 Å². The largest absolute Gasteiger partial charge is 0.543 e. The third-order valence-electron chi connectivity index (χ3n) is 8.08. The molecule has 4 saturated carbocycles. The van der Waals surface area contributed by atoms with Gasteiger partial charge in [-0.1, -0.05) is 32.9 Å². The van der Waals surface area contributed by atoms with Crippen molar-refractivity contribution in [1.82, 2.24) is 0 Å². The fourth-order valence-electron chi connectivity index (χ4n) is 5.77. The summed E-state index contributed by atoms with van der Waals surface area (Å²) in [5.74, 6) is 6.13. The summed E-state index contributed by atoms with van der Waals surface area (Å²) in [5, 5.41) is 0.183. The standard InChI is InChI=1S/C26H39ClO2Si/c1-26(2,3)30(4,5)29-23-9-6-8-20(17-23)25(28-11-7-10-27)24-21-13-18-12-19(15-21)16-22(24)14-18/h6,8-9,17-19,21-22H,7,10-16H2,1-5H3. The molecule has 0 aliphatic heterocycles. The number of alkyl halides is 1. The maximum absolute atomic E-state index is 6.63. The van der Waals surface area contributed by atoms with E-state index in [0.717, 1.165) is 41.6 Å². The fraction of sp³-hybridized carbons (Fsp3) is 0.692. The van der Waals surface area contributed by atoms with E-state index in [4.69, 9.17) is 20.8 Å². The highest BCUT2D eigenvalue weighted by molar-refractivity contribution is 6.74. The van der Waals surface area contributed by atoms with Crippen molar-refractivity contribution in [3.05, 3.63) is 35.4 Å². The van der Waals surface area contributed by atoms with Gasteiger partial charge < -0.3 is 9.16 Å². The molecule has 0 saturated heterocycles. The molecule has 0 heterocycles. The third-order valence-corrected chi connectivity index (χ3v) is 12.7. The first-order valence-electron chi connectivity index (χ1n) is 11.9. The number of hydrogen-bond donors (Lipinski definition) is 0. The summed E-state index contributed by atoms with van der Waals surface area (Å²) in [4.78, 5) is 0. The summed E-state index contributed by atoms with van der Waals surface area (Å²) in [6, 6.07) is 8.70. The van der Waals surface area contributed by atoms with Crippen LogP contribution in [-0.4, -0.2) is 20.8 Å². The summed E-state index contributed by atoms with van der Waals surface area (Å²) >= 11 is 5.97. The van der Waals surface area contributed by atoms with Crippen LogP contribution in [0.4, 0.5) is 0 Å². The van der Waals surface area contributed by atoms with E-state index in [1.165, 1.54) is 37.7 Å². The van der Waals surface area contributed by atoms with Gasteiger partial charge in [-0.05, 0) is 98.0 Å². The minimum absolute atomic E-state index is 0.183. The molecule has 4 bridgehead atoms. The Hall–Kier alpha value is -0.933. The molecule has 0 atom stereocenters. The molecule has 30 heavy (non-hydrogen) atoms. The molecule has 1 aromatic rings. The predicted molar refractivity (Wildman–Crippen MR) is 130 cm³/mol. The van der Waals surface area contributed by atoms with Crippen molar-refractivity contribution < 1.29 is 9.16 Å². The topological polar surface area (TPSA) is 18.5 Å². The minimum Gasteiger partial charge on any atom is -0.543 e. The van der Waals surface area contributed by atoms with E-state index in [1.54, 1.807) is 5.57 Å². The van der Waals surface area contributed by atoms with Crippen molar-refractivity contribution in [1.29, 1.82) is 0 Å². The van der Waals surface area contributed by atoms with E-state index in [9.17, 15) is 0 Å². The average Bonchev–Trinajstić information content (AvgIpc) is 2.65. The zero-order chi connectivity index (χ0) is 21.5. The first-order chi connectivity index (χ1) is 14.2. The zero-order valence-electron chi connectivity index (χ0n) is 19.5. The first-order valence-corrected chi connectivity index (χ1v) is 15.3. The zero-order valence-corrected chi connectivity index (χ0v) is 21.2. The Labute approximate surface area is 189 Å². The number of allylic oxidation sites excluding steroid dienone is 1. The second kappa shape index (κ2) is 8.54. The van der Waals surface area contributed by atoms with Gasteiger partial charge in [0.15, 0.2) is 0 Å². The molecule has 0 amide bonds. The smallest absolute Gasteiger partial charge is 0.250 e. The lowest BCUT2D eigenvalue weighted by atomic mass is 9.54. The molecule has 0 N–H and O–H groups in total. The summed E-state index contributed by atoms with van der Waals surface area (Å²) in [5.41, 5.74) is 2.81. The van der Waals surface area contributed by atoms with Gasteiger partial charge in [0, 0.05) is 11.4 Å². The molecular weight excluding hydrogens is 408 g/mol. The minimum atomic E-state index is -1.87. The Kier molecular flexibility index (Phi) is 6.34. The van der Waals surface area contributed by atoms with Crippen LogP contribution in [0.2, 0.25) is 18.1 Å². The highest BCUT2D eigenvalue weighted by Gasteiger charge is 2.47. The molecule has 0 spiro atoms. The molecule has 166 valence electrons. The van der Waals surface area contributed by atoms with Crippen LogP contribution in [0, 0.1) is 23.7 Å². The number of benzene rings is 1. The van der Waals surface area contributed by atoms with Crippen molar-refractivity contribution in [2.24, 2.45) is 23.7 Å². The molecule has 4 aliphatic rings. The lowest BCUT2D eigenvalue weighted by Gasteiger charge is -2.51. The Morgan fingerprint density at radius 1 is 1.03 bits per heavy atom. The van der Waals surface area contributed by atoms with Crippen LogP contribution in [0.25, 0.3) is 5.76 Å². The highest BCUT2D eigenvalue weighted by Crippen LogP contribution is 2.58. The lowest BCUT2D eigenvalue weighted by molar-refractivity contribution is 0.0665. The molecule has 5 rings (SSSR count). The molecule has 1 aromatic carbocycles. The average molecular weight is 447 g/mol. The van der Waals surface area contributed by atoms with E-state index >= 15 is 0 Å². The van der Waals surface area contributed by atoms with Crippen LogP contribution in [-0.2, 0) is 4.74 Å². The Balaban J connectivity index is 1.67. The predicted octanol–water partition coefficient (Wildman–Crippen LogP) is 7.88. The molecule has 4 aliphatic carbocycles. The number of hydrogen-bond acceptors (Lipinski definition) is 2. The van der Waals surface area contributed by atoms with Gasteiger partial charge >= 0.3 is 0 Å². The first kappa shape index (κ1) is 22.3. The van der Waals surface area contributed by atoms with E-state index < -0.39 is 8.32 Å². The number of rotatable bonds is 7. The van der Waals surface area contributed by atoms with Crippen molar-refractivity contribution in [2.75, 3.05) is 12.5 Å². The number of ether oxygens (including phenoxy) is 1. The Bertz CT molecular complexity index is 762. The van der Waals surface area contributed by atoms with Crippen LogP contribution >= 0.6 is 11.6 Å². The van der Waals surface area contributed by atoms with E-state index in [1.807, 2.05) is 0 Å². The molecule has 4 fully saturated rings. The monoisotopic (exact) mass is 446 g/mol. The van der Waals surface area contributed by atoms with Gasteiger partial charge in [0.25, 0.3) is 0 Å². The van der Waals surface area contributed by atoms with Gasteiger partial charge in [-0.2, -0.15) is 0 Å². The van der Waals surface area contributed by atoms with Crippen LogP contribution in [0.5, 0.6) is 5.75 Å². The molecule has 0 unspecified atom stereocenters. The Morgan fingerprint density at radius 2 is 1.67 bits per heavy atom. The maximum Gasteiger partial charge on any atom is 0.250 e. The highest BCUT2D eigenvalue weighted by atomic mass is 35.5. The van der Waals surface area contributed by atoms with Crippen molar-refractivity contribution >= 4 is 25.7 Å². The summed E-state index contributed by atoms with van der Waals surface area (Å²) in [6.45, 7) is 12.2. The summed E-state index contributed by atoms with van der Waals surface area (Å²) < 4.78 is 13.1. The van der Waals surface area contributed by atoms with Gasteiger partial charge in [-0.25, -0.2) is 0 Å². The van der Waals surface area contributed by atoms with Gasteiger partial charge in [0.2, 0.25) is 8.32 Å². The van der Waals surface area contributed by atoms with Crippen LogP contribution in [0.3, 0.4) is 0 Å². The van der Waals surface area contributed by atoms with E-state index in [-0.39, 0.29) is 5.04 Å². The van der Waals surface area contributed by atoms with Crippen molar-refractivity contribution in [2.45, 2.75) is 77.4 Å². The molecule has 0 radical (unpaired) electrons. The summed E-state index contributed by atoms with van der Waals surface area (Å²) in [6.07, 6.45) is 7.82. The van der Waals surface area contributed by atoms with Crippen LogP contribution in [0.15, 0.2) is 29.8 Å². The molecule has 0 aromatic heterocycles. The van der Waals surface area contributed by atoms with Crippen molar-refractivity contribution in [3.63, 3.8) is 0 Å². The second-order valence-electron chi connectivity index (χ2n) is 11.4. The normalized spacial score (nSPS) is 28.0. The maximum atomic E-state index is 6.63. The molecule has 2 nitrogen and oxygen atoms in total. The fourth-order valence-corrected chi connectivity index (χ4v) is 6.90. The quantitative estimate of drug-likeness (QED) is 0.183. The molecule has 4 heteroatoms.